The van der Waals surface area contributed by atoms with Gasteiger partial charge < -0.3 is 0 Å². The van der Waals surface area contributed by atoms with Crippen LogP contribution in [-0.2, 0) is 10.0 Å². The summed E-state index contributed by atoms with van der Waals surface area (Å²) in [6.07, 6.45) is 2.28. The third-order valence-corrected chi connectivity index (χ3v) is 5.77. The van der Waals surface area contributed by atoms with Crippen LogP contribution in [0.2, 0.25) is 0 Å². The van der Waals surface area contributed by atoms with Crippen molar-refractivity contribution in [1.82, 2.24) is 4.72 Å². The highest BCUT2D eigenvalue weighted by Crippen LogP contribution is 2.34. The van der Waals surface area contributed by atoms with Crippen molar-refractivity contribution in [2.75, 3.05) is 6.54 Å². The van der Waals surface area contributed by atoms with Gasteiger partial charge >= 0.3 is 0 Å². The average Bonchev–Trinajstić information content (AvgIpc) is 2.46. The van der Waals surface area contributed by atoms with Gasteiger partial charge in [-0.2, -0.15) is 0 Å². The third-order valence-electron chi connectivity index (χ3n) is 1.56. The molecule has 15 heavy (non-hydrogen) atoms. The summed E-state index contributed by atoms with van der Waals surface area (Å²) in [6.45, 7) is 3.89. The van der Waals surface area contributed by atoms with Crippen molar-refractivity contribution in [3.63, 3.8) is 0 Å². The molecule has 0 aliphatic carbocycles. The van der Waals surface area contributed by atoms with Gasteiger partial charge in [0.1, 0.15) is 4.90 Å². The molecule has 0 unspecified atom stereocenters. The summed E-state index contributed by atoms with van der Waals surface area (Å²) < 4.78 is 27.4. The Hall–Kier alpha value is 0.310. The number of nitrogens with one attached hydrogen (secondary N) is 1. The monoisotopic (exact) mass is 373 g/mol. The first kappa shape index (κ1) is 13.4. The molecule has 0 spiro atoms. The highest BCUT2D eigenvalue weighted by molar-refractivity contribution is 9.12. The Kier molecular flexibility index (Phi) is 4.98. The molecule has 0 saturated heterocycles. The van der Waals surface area contributed by atoms with Crippen LogP contribution in [-0.4, -0.2) is 15.0 Å². The summed E-state index contributed by atoms with van der Waals surface area (Å²) in [6, 6.07) is 1.57. The minimum absolute atomic E-state index is 0.267. The second-order valence-corrected chi connectivity index (χ2v) is 8.15. The third kappa shape index (κ3) is 3.67. The van der Waals surface area contributed by atoms with Crippen LogP contribution < -0.4 is 4.72 Å². The molecule has 0 bridgehead atoms. The quantitative estimate of drug-likeness (QED) is 0.635. The van der Waals surface area contributed by atoms with E-state index in [-0.39, 0.29) is 4.90 Å². The lowest BCUT2D eigenvalue weighted by Crippen LogP contribution is -2.24. The second-order valence-electron chi connectivity index (χ2n) is 2.66. The molecule has 0 saturated carbocycles. The van der Waals surface area contributed by atoms with Gasteiger partial charge in [-0.15, -0.1) is 17.9 Å². The molecular weight excluding hydrogens is 366 g/mol. The Labute approximate surface area is 110 Å². The molecule has 0 aliphatic rings. The van der Waals surface area contributed by atoms with Gasteiger partial charge in [0.15, 0.2) is 0 Å². The molecule has 7 heteroatoms. The lowest BCUT2D eigenvalue weighted by atomic mass is 10.4. The van der Waals surface area contributed by atoms with Gasteiger partial charge in [0.2, 0.25) is 10.0 Å². The molecule has 1 rings (SSSR count). The molecule has 1 aromatic heterocycles. The van der Waals surface area contributed by atoms with E-state index in [0.717, 1.165) is 3.79 Å². The fourth-order valence-electron chi connectivity index (χ4n) is 0.881. The number of hydrogen-bond donors (Lipinski definition) is 1. The van der Waals surface area contributed by atoms with E-state index in [4.69, 9.17) is 0 Å². The van der Waals surface area contributed by atoms with Crippen LogP contribution >= 0.6 is 43.2 Å². The van der Waals surface area contributed by atoms with E-state index < -0.39 is 10.0 Å². The van der Waals surface area contributed by atoms with E-state index in [9.17, 15) is 8.42 Å². The summed E-state index contributed by atoms with van der Waals surface area (Å²) in [5.41, 5.74) is 0. The molecule has 3 nitrogen and oxygen atoms in total. The number of thiophene rings is 1. The highest BCUT2D eigenvalue weighted by atomic mass is 79.9. The van der Waals surface area contributed by atoms with Crippen LogP contribution in [0, 0.1) is 0 Å². The first-order valence-electron chi connectivity index (χ1n) is 4.03. The van der Waals surface area contributed by atoms with Crippen LogP contribution in [0.3, 0.4) is 0 Å². The molecule has 0 aromatic carbocycles. The van der Waals surface area contributed by atoms with Gasteiger partial charge in [-0.05, 0) is 44.3 Å². The van der Waals surface area contributed by atoms with E-state index in [2.05, 4.69) is 43.2 Å². The summed E-state index contributed by atoms with van der Waals surface area (Å²) in [5, 5.41) is 0. The van der Waals surface area contributed by atoms with Crippen molar-refractivity contribution in [3.05, 3.63) is 26.3 Å². The topological polar surface area (TPSA) is 46.2 Å². The zero-order chi connectivity index (χ0) is 11.5. The molecule has 0 radical (unpaired) electrons. The molecular formula is C8H9Br2NO2S2. The predicted octanol–water partition coefficient (Wildman–Crippen LogP) is 3.13. The molecule has 84 valence electrons. The molecule has 0 atom stereocenters. The van der Waals surface area contributed by atoms with Crippen molar-refractivity contribution in [2.24, 2.45) is 0 Å². The fourth-order valence-corrected chi connectivity index (χ4v) is 5.74. The normalized spacial score (nSPS) is 11.6. The Balaban J connectivity index is 2.86. The van der Waals surface area contributed by atoms with E-state index in [0.29, 0.717) is 16.8 Å². The van der Waals surface area contributed by atoms with Crippen LogP contribution in [0.15, 0.2) is 31.2 Å². The summed E-state index contributed by atoms with van der Waals surface area (Å²) in [7, 11) is -3.41. The Bertz CT molecular complexity index is 453. The van der Waals surface area contributed by atoms with E-state index in [1.807, 2.05) is 0 Å². The zero-order valence-corrected chi connectivity index (χ0v) is 12.5. The summed E-state index contributed by atoms with van der Waals surface area (Å²) in [5.74, 6) is 0. The first-order valence-corrected chi connectivity index (χ1v) is 7.91. The van der Waals surface area contributed by atoms with Crippen molar-refractivity contribution >= 4 is 53.2 Å². The Morgan fingerprint density at radius 3 is 2.67 bits per heavy atom. The molecule has 1 heterocycles. The number of hydrogen-bond acceptors (Lipinski definition) is 3. The number of rotatable bonds is 5. The molecule has 1 N–H and O–H groups in total. The maximum absolute atomic E-state index is 11.8. The molecule has 1 aromatic rings. The van der Waals surface area contributed by atoms with Crippen LogP contribution in [0.4, 0.5) is 0 Å². The summed E-state index contributed by atoms with van der Waals surface area (Å²) in [4.78, 5) is 0.267. The van der Waals surface area contributed by atoms with Gasteiger partial charge in [-0.3, -0.25) is 0 Å². The van der Waals surface area contributed by atoms with E-state index >= 15 is 0 Å². The minimum atomic E-state index is -3.41. The van der Waals surface area contributed by atoms with E-state index in [1.54, 1.807) is 12.1 Å². The molecule has 0 amide bonds. The van der Waals surface area contributed by atoms with Crippen LogP contribution in [0.1, 0.15) is 6.42 Å². The van der Waals surface area contributed by atoms with Gasteiger partial charge in [0, 0.05) is 6.54 Å². The molecule has 0 aliphatic heterocycles. The van der Waals surface area contributed by atoms with Crippen LogP contribution in [0.5, 0.6) is 0 Å². The Morgan fingerprint density at radius 1 is 1.53 bits per heavy atom. The van der Waals surface area contributed by atoms with Crippen molar-refractivity contribution in [1.29, 1.82) is 0 Å². The first-order chi connectivity index (χ1) is 6.97. The SMILES string of the molecule is C=CCCNS(=O)(=O)c1cc(Br)sc1Br. The maximum Gasteiger partial charge on any atom is 0.242 e. The standard InChI is InChI=1S/C8H9Br2NO2S2/c1-2-3-4-11-15(12,13)6-5-7(9)14-8(6)10/h2,5,11H,1,3-4H2. The number of sulfonamides is 1. The summed E-state index contributed by atoms with van der Waals surface area (Å²) >= 11 is 7.78. The van der Waals surface area contributed by atoms with Crippen molar-refractivity contribution in [3.8, 4) is 0 Å². The lowest BCUT2D eigenvalue weighted by molar-refractivity contribution is 0.582. The second kappa shape index (κ2) is 5.58. The predicted molar refractivity (Wildman–Crippen MR) is 69.7 cm³/mol. The average molecular weight is 375 g/mol. The number of halogens is 2. The largest absolute Gasteiger partial charge is 0.242 e. The van der Waals surface area contributed by atoms with Crippen molar-refractivity contribution < 1.29 is 8.42 Å². The molecule has 0 fully saturated rings. The van der Waals surface area contributed by atoms with E-state index in [1.165, 1.54) is 11.3 Å². The van der Waals surface area contributed by atoms with Gasteiger partial charge in [-0.25, -0.2) is 13.1 Å². The fraction of sp³-hybridized carbons (Fsp3) is 0.250. The zero-order valence-electron chi connectivity index (χ0n) is 7.66. The Morgan fingerprint density at radius 2 is 2.20 bits per heavy atom. The van der Waals surface area contributed by atoms with Crippen LogP contribution in [0.25, 0.3) is 0 Å². The highest BCUT2D eigenvalue weighted by Gasteiger charge is 2.19. The smallest absolute Gasteiger partial charge is 0.211 e. The van der Waals surface area contributed by atoms with Gasteiger partial charge in [0.05, 0.1) is 7.57 Å². The minimum Gasteiger partial charge on any atom is -0.211 e. The lowest BCUT2D eigenvalue weighted by Gasteiger charge is -2.03. The maximum atomic E-state index is 11.8. The van der Waals surface area contributed by atoms with Crippen molar-refractivity contribution in [2.45, 2.75) is 11.3 Å². The van der Waals surface area contributed by atoms with Gasteiger partial charge in [-0.1, -0.05) is 6.08 Å². The van der Waals surface area contributed by atoms with Gasteiger partial charge in [0.25, 0.3) is 0 Å².